The van der Waals surface area contributed by atoms with Crippen molar-refractivity contribution >= 4 is 15.7 Å². The minimum atomic E-state index is -3.54. The number of benzene rings is 1. The molecule has 0 atom stereocenters. The summed E-state index contributed by atoms with van der Waals surface area (Å²) in [6.45, 7) is 2.83. The molecule has 1 saturated heterocycles. The zero-order chi connectivity index (χ0) is 25.0. The fourth-order valence-corrected chi connectivity index (χ4v) is 4.34. The lowest BCUT2D eigenvalue weighted by molar-refractivity contribution is -0.132. The molecule has 3 heterocycles. The number of pyridine rings is 1. The summed E-state index contributed by atoms with van der Waals surface area (Å²) in [6.07, 6.45) is 7.07. The van der Waals surface area contributed by atoms with Gasteiger partial charge < -0.3 is 14.4 Å². The highest BCUT2D eigenvalue weighted by Crippen LogP contribution is 2.31. The van der Waals surface area contributed by atoms with Crippen LogP contribution in [0.4, 0.5) is 4.39 Å². The second-order valence-corrected chi connectivity index (χ2v) is 10.3. The summed E-state index contributed by atoms with van der Waals surface area (Å²) in [5.41, 5.74) is 1.41. The Morgan fingerprint density at radius 2 is 1.80 bits per heavy atom. The topological polar surface area (TPSA) is 112 Å². The number of carbonyl (C=O) groups excluding carboxylic acids is 1. The molecule has 1 aromatic carbocycles. The molecule has 9 nitrogen and oxygen atoms in total. The maximum absolute atomic E-state index is 14.4. The van der Waals surface area contributed by atoms with Gasteiger partial charge in [0.2, 0.25) is 17.7 Å². The molecule has 11 heteroatoms. The van der Waals surface area contributed by atoms with Crippen LogP contribution in [0.1, 0.15) is 24.0 Å². The van der Waals surface area contributed by atoms with Crippen molar-refractivity contribution < 1.29 is 27.1 Å². The molecule has 184 valence electrons. The average molecular weight is 501 g/mol. The van der Waals surface area contributed by atoms with E-state index >= 15 is 0 Å². The Hall–Kier alpha value is -3.60. The normalized spacial score (nSPS) is 14.5. The zero-order valence-electron chi connectivity index (χ0n) is 19.3. The van der Waals surface area contributed by atoms with E-state index in [4.69, 9.17) is 9.47 Å². The number of aromatic nitrogens is 3. The van der Waals surface area contributed by atoms with E-state index in [0.717, 1.165) is 17.9 Å². The number of hydrogen-bond acceptors (Lipinski definition) is 8. The summed E-state index contributed by atoms with van der Waals surface area (Å²) in [4.78, 5) is 26.5. The van der Waals surface area contributed by atoms with Crippen molar-refractivity contribution in [2.45, 2.75) is 37.2 Å². The number of nitrogens with zero attached hydrogens (tertiary/aromatic N) is 4. The van der Waals surface area contributed by atoms with E-state index in [0.29, 0.717) is 43.8 Å². The number of ether oxygens (including phenoxy) is 2. The fourth-order valence-electron chi connectivity index (χ4n) is 3.71. The van der Waals surface area contributed by atoms with Gasteiger partial charge in [0.05, 0.1) is 16.9 Å². The van der Waals surface area contributed by atoms with Crippen molar-refractivity contribution in [1.82, 2.24) is 19.9 Å². The number of amides is 1. The average Bonchev–Trinajstić information content (AvgIpc) is 2.83. The van der Waals surface area contributed by atoms with E-state index in [9.17, 15) is 17.6 Å². The van der Waals surface area contributed by atoms with Crippen molar-refractivity contribution in [3.05, 3.63) is 66.0 Å². The van der Waals surface area contributed by atoms with Crippen LogP contribution in [0.25, 0.3) is 0 Å². The lowest BCUT2D eigenvalue weighted by Crippen LogP contribution is -2.42. The van der Waals surface area contributed by atoms with Gasteiger partial charge in [0.15, 0.2) is 21.4 Å². The summed E-state index contributed by atoms with van der Waals surface area (Å²) >= 11 is 0. The fraction of sp³-hybridized carbons (Fsp3) is 0.333. The number of likely N-dealkylation sites (tertiary alicyclic amines) is 1. The van der Waals surface area contributed by atoms with Crippen LogP contribution in [0, 0.1) is 12.7 Å². The predicted molar refractivity (Wildman–Crippen MR) is 125 cm³/mol. The summed E-state index contributed by atoms with van der Waals surface area (Å²) in [6, 6.07) is 7.08. The van der Waals surface area contributed by atoms with Crippen LogP contribution in [0.5, 0.6) is 17.5 Å². The third-order valence-corrected chi connectivity index (χ3v) is 6.82. The van der Waals surface area contributed by atoms with Gasteiger partial charge in [-0.25, -0.2) is 22.8 Å². The molecule has 35 heavy (non-hydrogen) atoms. The molecule has 0 saturated carbocycles. The summed E-state index contributed by atoms with van der Waals surface area (Å²) < 4.78 is 49.3. The highest BCUT2D eigenvalue weighted by atomic mass is 32.2. The van der Waals surface area contributed by atoms with E-state index in [2.05, 4.69) is 15.0 Å². The van der Waals surface area contributed by atoms with Crippen molar-refractivity contribution in [2.75, 3.05) is 19.3 Å². The molecule has 0 aliphatic carbocycles. The zero-order valence-corrected chi connectivity index (χ0v) is 20.2. The van der Waals surface area contributed by atoms with Gasteiger partial charge in [-0.1, -0.05) is 0 Å². The highest BCUT2D eigenvalue weighted by Gasteiger charge is 2.25. The number of piperidine rings is 1. The maximum Gasteiger partial charge on any atom is 0.229 e. The Morgan fingerprint density at radius 1 is 1.11 bits per heavy atom. The molecular formula is C24H25FN4O5S. The van der Waals surface area contributed by atoms with Crippen LogP contribution in [0.2, 0.25) is 0 Å². The van der Waals surface area contributed by atoms with Crippen molar-refractivity contribution in [3.63, 3.8) is 0 Å². The van der Waals surface area contributed by atoms with Gasteiger partial charge in [0.1, 0.15) is 12.4 Å². The third-order valence-electron chi connectivity index (χ3n) is 5.71. The summed E-state index contributed by atoms with van der Waals surface area (Å²) in [5, 5.41) is 0. The Kier molecular flexibility index (Phi) is 7.25. The largest absolute Gasteiger partial charge is 0.474 e. The monoisotopic (exact) mass is 500 g/mol. The highest BCUT2D eigenvalue weighted by molar-refractivity contribution is 7.90. The minimum absolute atomic E-state index is 0.0625. The molecule has 2 aromatic heterocycles. The molecule has 1 fully saturated rings. The van der Waals surface area contributed by atoms with Gasteiger partial charge in [0, 0.05) is 44.6 Å². The smallest absolute Gasteiger partial charge is 0.229 e. The molecule has 4 rings (SSSR count). The van der Waals surface area contributed by atoms with Crippen LogP contribution in [-0.2, 0) is 21.1 Å². The molecule has 0 unspecified atom stereocenters. The number of hydrogen-bond donors (Lipinski definition) is 0. The Morgan fingerprint density at radius 3 is 2.46 bits per heavy atom. The summed E-state index contributed by atoms with van der Waals surface area (Å²) in [7, 11) is -3.54. The predicted octanol–water partition coefficient (Wildman–Crippen LogP) is 3.13. The molecular weight excluding hydrogens is 475 g/mol. The molecule has 3 aromatic rings. The molecule has 1 aliphatic heterocycles. The molecule has 0 spiro atoms. The first-order valence-electron chi connectivity index (χ1n) is 11.0. The van der Waals surface area contributed by atoms with Gasteiger partial charge in [-0.15, -0.1) is 0 Å². The molecule has 0 N–H and O–H groups in total. The van der Waals surface area contributed by atoms with Gasteiger partial charge in [-0.2, -0.15) is 0 Å². The van der Waals surface area contributed by atoms with Crippen LogP contribution < -0.4 is 9.47 Å². The number of carbonyl (C=O) groups is 1. The lowest BCUT2D eigenvalue weighted by atomic mass is 10.1. The van der Waals surface area contributed by atoms with Gasteiger partial charge in [-0.3, -0.25) is 9.78 Å². The van der Waals surface area contributed by atoms with Crippen molar-refractivity contribution in [2.24, 2.45) is 0 Å². The Bertz CT molecular complexity index is 1310. The van der Waals surface area contributed by atoms with Gasteiger partial charge >= 0.3 is 0 Å². The van der Waals surface area contributed by atoms with Gasteiger partial charge in [-0.05, 0) is 42.8 Å². The SMILES string of the molecule is Cc1c(Oc2ccc(S(C)(=O)=O)cc2F)ncnc1OC1CCN(C(=O)Cc2ccncc2)CC1. The standard InChI is InChI=1S/C24H25FN4O5S/c1-16-23(27-15-28-24(16)34-21-4-3-19(14-20(21)25)35(2,31)32)33-18-7-11-29(12-8-18)22(30)13-17-5-9-26-10-6-17/h3-6,9-10,14-15,18H,7-8,11-13H2,1-2H3. The quantitative estimate of drug-likeness (QED) is 0.487. The van der Waals surface area contributed by atoms with E-state index in [-0.39, 0.29) is 28.5 Å². The van der Waals surface area contributed by atoms with Crippen LogP contribution in [0.15, 0.2) is 53.9 Å². The van der Waals surface area contributed by atoms with Crippen molar-refractivity contribution in [3.8, 4) is 17.5 Å². The Labute approximate surface area is 202 Å². The van der Waals surface area contributed by atoms with Crippen LogP contribution in [0.3, 0.4) is 0 Å². The van der Waals surface area contributed by atoms with E-state index in [1.165, 1.54) is 18.5 Å². The number of halogens is 1. The molecule has 0 radical (unpaired) electrons. The van der Waals surface area contributed by atoms with E-state index < -0.39 is 15.7 Å². The second kappa shape index (κ2) is 10.3. The van der Waals surface area contributed by atoms with Crippen molar-refractivity contribution in [1.29, 1.82) is 0 Å². The first kappa shape index (κ1) is 24.5. The number of sulfone groups is 1. The van der Waals surface area contributed by atoms with E-state index in [1.54, 1.807) is 19.3 Å². The lowest BCUT2D eigenvalue weighted by Gasteiger charge is -2.32. The van der Waals surface area contributed by atoms with Gasteiger partial charge in [0.25, 0.3) is 0 Å². The first-order chi connectivity index (χ1) is 16.7. The molecule has 0 bridgehead atoms. The minimum Gasteiger partial charge on any atom is -0.474 e. The third kappa shape index (κ3) is 6.10. The van der Waals surface area contributed by atoms with Crippen LogP contribution >= 0.6 is 0 Å². The second-order valence-electron chi connectivity index (χ2n) is 8.31. The number of rotatable bonds is 7. The summed E-state index contributed by atoms with van der Waals surface area (Å²) in [5.74, 6) is -0.508. The molecule has 1 amide bonds. The first-order valence-corrected chi connectivity index (χ1v) is 12.9. The van der Waals surface area contributed by atoms with Crippen LogP contribution in [-0.4, -0.2) is 59.6 Å². The Balaban J connectivity index is 1.37. The van der Waals surface area contributed by atoms with E-state index in [1.807, 2.05) is 17.0 Å². The molecule has 1 aliphatic rings. The maximum atomic E-state index is 14.4.